The Morgan fingerprint density at radius 2 is 1.82 bits per heavy atom. The van der Waals surface area contributed by atoms with Crippen molar-refractivity contribution in [3.8, 4) is 16.9 Å². The summed E-state index contributed by atoms with van der Waals surface area (Å²) < 4.78 is 10.1. The monoisotopic (exact) mass is 663 g/mol. The van der Waals surface area contributed by atoms with Crippen molar-refractivity contribution in [1.82, 2.24) is 33.6 Å². The van der Waals surface area contributed by atoms with Crippen molar-refractivity contribution < 1.29 is 9.84 Å². The first-order valence-electron chi connectivity index (χ1n) is 16.8. The molecule has 3 aliphatic rings. The maximum Gasteiger partial charge on any atom is 0.297 e. The van der Waals surface area contributed by atoms with Crippen LogP contribution in [0.2, 0.25) is 0 Å². The Hall–Kier alpha value is -4.85. The van der Waals surface area contributed by atoms with Crippen LogP contribution in [0.25, 0.3) is 22.5 Å². The summed E-state index contributed by atoms with van der Waals surface area (Å²) in [6, 6.07) is 9.93. The zero-order valence-electron chi connectivity index (χ0n) is 28.3. The average molecular weight is 664 g/mol. The van der Waals surface area contributed by atoms with Gasteiger partial charge >= 0.3 is 0 Å². The third-order valence-electron chi connectivity index (χ3n) is 10.2. The lowest BCUT2D eigenvalue weighted by Crippen LogP contribution is -2.56. The summed E-state index contributed by atoms with van der Waals surface area (Å²) in [6.45, 7) is 11.5. The summed E-state index contributed by atoms with van der Waals surface area (Å²) in [5, 5.41) is 18.6. The number of hydrogen-bond acceptors (Lipinski definition) is 10. The van der Waals surface area contributed by atoms with Crippen LogP contribution in [0.3, 0.4) is 0 Å². The van der Waals surface area contributed by atoms with E-state index in [1.54, 1.807) is 31.6 Å². The minimum Gasteiger partial charge on any atom is -0.392 e. The predicted octanol–water partition coefficient (Wildman–Crippen LogP) is 2.83. The number of aromatic nitrogens is 6. The molecule has 0 atom stereocenters. The number of aliphatic hydroxyl groups excluding tert-OH is 1. The molecule has 2 aliphatic heterocycles. The van der Waals surface area contributed by atoms with E-state index in [2.05, 4.69) is 44.0 Å². The van der Waals surface area contributed by atoms with E-state index in [1.165, 1.54) is 14.8 Å². The number of piperazine rings is 1. The van der Waals surface area contributed by atoms with E-state index in [4.69, 9.17) is 4.74 Å². The molecule has 0 bridgehead atoms. The first-order valence-corrected chi connectivity index (χ1v) is 16.8. The summed E-state index contributed by atoms with van der Waals surface area (Å²) >= 11 is 0. The molecular formula is C36H41N9O4. The number of nitrogens with zero attached hydrogens (tertiary/aromatic N) is 8. The largest absolute Gasteiger partial charge is 0.392 e. The fourth-order valence-corrected chi connectivity index (χ4v) is 7.60. The van der Waals surface area contributed by atoms with Gasteiger partial charge in [-0.2, -0.15) is 4.68 Å². The smallest absolute Gasteiger partial charge is 0.297 e. The van der Waals surface area contributed by atoms with Crippen molar-refractivity contribution in [1.29, 1.82) is 0 Å². The second-order valence-corrected chi connectivity index (χ2v) is 14.2. The van der Waals surface area contributed by atoms with Crippen molar-refractivity contribution >= 4 is 22.7 Å². The average Bonchev–Trinajstić information content (AvgIpc) is 3.56. The number of pyridine rings is 3. The van der Waals surface area contributed by atoms with Crippen molar-refractivity contribution in [3.05, 3.63) is 92.3 Å². The van der Waals surface area contributed by atoms with E-state index in [-0.39, 0.29) is 29.0 Å². The molecule has 13 heteroatoms. The van der Waals surface area contributed by atoms with Gasteiger partial charge in [0.2, 0.25) is 0 Å². The standard InChI is InChI=1S/C36H41N9O4/c1-22-40-45(35(48)30-14-23-15-36(2,3)16-31(23)44(22)30)33-28(19-46)27(7-8-37-33)24-13-29(34(47)41(4)18-24)39-32-6-5-25(17-38-32)42-9-11-43(12-10-42)26-20-49-21-26/h5-8,13-14,17-18,26,46H,9-12,15-16,19-21H2,1-4H3,(H,38,39). The zero-order valence-corrected chi connectivity index (χ0v) is 28.3. The van der Waals surface area contributed by atoms with Crippen LogP contribution in [-0.4, -0.2) is 84.2 Å². The second kappa shape index (κ2) is 11.9. The molecule has 254 valence electrons. The summed E-state index contributed by atoms with van der Waals surface area (Å²) in [7, 11) is 1.68. The van der Waals surface area contributed by atoms with Crippen LogP contribution < -0.4 is 21.3 Å². The number of nitrogens with one attached hydrogen (secondary N) is 1. The quantitative estimate of drug-likeness (QED) is 0.268. The summed E-state index contributed by atoms with van der Waals surface area (Å²) in [6.07, 6.45) is 6.91. The van der Waals surface area contributed by atoms with Gasteiger partial charge in [-0.05, 0) is 66.6 Å². The Morgan fingerprint density at radius 1 is 1.02 bits per heavy atom. The van der Waals surface area contributed by atoms with Gasteiger partial charge in [0, 0.05) is 62.4 Å². The highest BCUT2D eigenvalue weighted by Crippen LogP contribution is 2.38. The number of aryl methyl sites for hydroxylation is 2. The Balaban J connectivity index is 1.09. The van der Waals surface area contributed by atoms with Gasteiger partial charge in [0.1, 0.15) is 22.8 Å². The molecule has 5 aromatic rings. The fourth-order valence-electron chi connectivity index (χ4n) is 7.60. The third-order valence-corrected chi connectivity index (χ3v) is 10.2. The van der Waals surface area contributed by atoms with E-state index in [0.29, 0.717) is 45.6 Å². The molecular weight excluding hydrogens is 622 g/mol. The molecule has 0 radical (unpaired) electrons. The number of rotatable bonds is 7. The van der Waals surface area contributed by atoms with Gasteiger partial charge < -0.3 is 24.6 Å². The van der Waals surface area contributed by atoms with Gasteiger partial charge in [-0.1, -0.05) is 13.8 Å². The highest BCUT2D eigenvalue weighted by molar-refractivity contribution is 5.73. The van der Waals surface area contributed by atoms with Crippen LogP contribution in [-0.2, 0) is 31.2 Å². The number of aliphatic hydroxyl groups is 1. The number of anilines is 3. The van der Waals surface area contributed by atoms with Gasteiger partial charge in [0.25, 0.3) is 11.1 Å². The lowest BCUT2D eigenvalue weighted by molar-refractivity contribution is -0.0660. The minimum atomic E-state index is -0.389. The zero-order chi connectivity index (χ0) is 34.0. The molecule has 0 saturated carbocycles. The molecule has 8 rings (SSSR count). The summed E-state index contributed by atoms with van der Waals surface area (Å²) in [5.41, 5.74) is 5.55. The van der Waals surface area contributed by atoms with Gasteiger partial charge in [-0.15, -0.1) is 5.10 Å². The number of hydrogen-bond donors (Lipinski definition) is 2. The molecule has 1 aliphatic carbocycles. The van der Waals surface area contributed by atoms with Crippen LogP contribution in [0, 0.1) is 12.3 Å². The van der Waals surface area contributed by atoms with E-state index < -0.39 is 0 Å². The molecule has 49 heavy (non-hydrogen) atoms. The highest BCUT2D eigenvalue weighted by Gasteiger charge is 2.33. The fraction of sp³-hybridized carbons (Fsp3) is 0.417. The van der Waals surface area contributed by atoms with E-state index in [1.807, 2.05) is 35.7 Å². The van der Waals surface area contributed by atoms with Crippen LogP contribution in [0.15, 0.2) is 58.5 Å². The molecule has 5 aromatic heterocycles. The molecule has 13 nitrogen and oxygen atoms in total. The minimum absolute atomic E-state index is 0.136. The van der Waals surface area contributed by atoms with E-state index >= 15 is 0 Å². The molecule has 0 spiro atoms. The Kier molecular flexibility index (Phi) is 7.65. The maximum absolute atomic E-state index is 13.9. The van der Waals surface area contributed by atoms with Crippen molar-refractivity contribution in [2.45, 2.75) is 46.3 Å². The number of ether oxygens (including phenoxy) is 1. The van der Waals surface area contributed by atoms with Gasteiger partial charge in [0.15, 0.2) is 5.82 Å². The topological polar surface area (TPSA) is 135 Å². The van der Waals surface area contributed by atoms with Crippen LogP contribution in [0.5, 0.6) is 0 Å². The molecule has 7 heterocycles. The van der Waals surface area contributed by atoms with Crippen LogP contribution >= 0.6 is 0 Å². The maximum atomic E-state index is 13.9. The van der Waals surface area contributed by atoms with E-state index in [9.17, 15) is 14.7 Å². The first kappa shape index (κ1) is 31.4. The lowest BCUT2D eigenvalue weighted by atomic mass is 9.90. The second-order valence-electron chi connectivity index (χ2n) is 14.2. The molecule has 0 amide bonds. The predicted molar refractivity (Wildman–Crippen MR) is 187 cm³/mol. The molecule has 2 fully saturated rings. The highest BCUT2D eigenvalue weighted by atomic mass is 16.5. The molecule has 2 N–H and O–H groups in total. The molecule has 0 unspecified atom stereocenters. The van der Waals surface area contributed by atoms with Crippen molar-refractivity contribution in [2.75, 3.05) is 49.6 Å². The molecule has 2 saturated heterocycles. The van der Waals surface area contributed by atoms with E-state index in [0.717, 1.165) is 63.6 Å². The van der Waals surface area contributed by atoms with Gasteiger partial charge in [-0.25, -0.2) is 9.97 Å². The SMILES string of the molecule is Cc1nn(-c2nccc(-c3cc(Nc4ccc(N5CCN(C6COC6)CC5)cn4)c(=O)n(C)c3)c2CO)c(=O)c2cc3c(n12)CC(C)(C)C3. The van der Waals surface area contributed by atoms with Crippen molar-refractivity contribution in [2.24, 2.45) is 12.5 Å². The number of fused-ring (bicyclic) bond motifs is 3. The Bertz CT molecular complexity index is 2190. The third kappa shape index (κ3) is 5.51. The van der Waals surface area contributed by atoms with Gasteiger partial charge in [-0.3, -0.25) is 18.9 Å². The van der Waals surface area contributed by atoms with Crippen LogP contribution in [0.4, 0.5) is 17.2 Å². The Morgan fingerprint density at radius 3 is 2.51 bits per heavy atom. The summed E-state index contributed by atoms with van der Waals surface area (Å²) in [4.78, 5) is 41.1. The first-order chi connectivity index (χ1) is 23.6. The van der Waals surface area contributed by atoms with Gasteiger partial charge in [0.05, 0.1) is 37.7 Å². The van der Waals surface area contributed by atoms with Crippen molar-refractivity contribution in [3.63, 3.8) is 0 Å². The van der Waals surface area contributed by atoms with Crippen LogP contribution in [0.1, 0.15) is 36.5 Å². The molecule has 0 aromatic carbocycles. The lowest BCUT2D eigenvalue weighted by Gasteiger charge is -2.43. The summed E-state index contributed by atoms with van der Waals surface area (Å²) in [5.74, 6) is 1.46. The Labute approximate surface area is 283 Å². The normalized spacial score (nSPS) is 17.8.